The summed E-state index contributed by atoms with van der Waals surface area (Å²) >= 11 is 6.21. The zero-order chi connectivity index (χ0) is 19.5. The summed E-state index contributed by atoms with van der Waals surface area (Å²) in [6.07, 6.45) is 3.26. The smallest absolute Gasteiger partial charge is 0.253 e. The molecule has 2 saturated carbocycles. The minimum atomic E-state index is -3.62. The van der Waals surface area contributed by atoms with Crippen molar-refractivity contribution in [2.24, 2.45) is 16.7 Å². The highest BCUT2D eigenvalue weighted by molar-refractivity contribution is 7.89. The van der Waals surface area contributed by atoms with Crippen LogP contribution in [0.15, 0.2) is 23.1 Å². The topological polar surface area (TPSA) is 66.5 Å². The maximum Gasteiger partial charge on any atom is 0.253 e. The summed E-state index contributed by atoms with van der Waals surface area (Å²) in [5, 5.41) is 3.40. The minimum absolute atomic E-state index is 0.0487. The summed E-state index contributed by atoms with van der Waals surface area (Å²) < 4.78 is 25.8. The molecule has 0 heterocycles. The number of carbonyl (C=O) groups excluding carboxylic acids is 1. The van der Waals surface area contributed by atoms with Crippen LogP contribution in [0.1, 0.15) is 50.4 Å². The first-order chi connectivity index (χ1) is 11.9. The number of rotatable bonds is 4. The van der Waals surface area contributed by atoms with Crippen LogP contribution in [0.3, 0.4) is 0 Å². The van der Waals surface area contributed by atoms with E-state index in [1.54, 1.807) is 0 Å². The summed E-state index contributed by atoms with van der Waals surface area (Å²) in [7, 11) is -0.701. The van der Waals surface area contributed by atoms with E-state index in [0.29, 0.717) is 5.92 Å². The summed E-state index contributed by atoms with van der Waals surface area (Å²) in [5.41, 5.74) is 0.441. The van der Waals surface area contributed by atoms with Crippen molar-refractivity contribution < 1.29 is 13.2 Å². The van der Waals surface area contributed by atoms with Crippen molar-refractivity contribution in [1.82, 2.24) is 9.62 Å². The van der Waals surface area contributed by atoms with E-state index >= 15 is 0 Å². The maximum absolute atomic E-state index is 12.9. The number of nitrogens with zero attached hydrogens (tertiary/aromatic N) is 1. The second-order valence-corrected chi connectivity index (χ2v) is 11.1. The van der Waals surface area contributed by atoms with Crippen molar-refractivity contribution in [3.8, 4) is 0 Å². The lowest BCUT2D eigenvalue weighted by molar-refractivity contribution is 0.0826. The first kappa shape index (κ1) is 19.6. The average Bonchev–Trinajstić information content (AvgIpc) is 2.88. The van der Waals surface area contributed by atoms with Crippen molar-refractivity contribution in [3.63, 3.8) is 0 Å². The van der Waals surface area contributed by atoms with Gasteiger partial charge in [0.2, 0.25) is 10.0 Å². The maximum atomic E-state index is 12.9. The largest absolute Gasteiger partial charge is 0.349 e. The van der Waals surface area contributed by atoms with Gasteiger partial charge in [-0.2, -0.15) is 0 Å². The molecule has 2 aliphatic carbocycles. The molecule has 0 aromatic heterocycles. The van der Waals surface area contributed by atoms with Gasteiger partial charge >= 0.3 is 0 Å². The van der Waals surface area contributed by atoms with Crippen LogP contribution in [0.25, 0.3) is 0 Å². The zero-order valence-corrected chi connectivity index (χ0v) is 17.5. The van der Waals surface area contributed by atoms with E-state index in [4.69, 9.17) is 11.6 Å². The quantitative estimate of drug-likeness (QED) is 0.843. The standard InChI is InChI=1S/C19H27ClN2O3S/c1-18(2)12-8-9-19(18,3)16(10-12)21-17(23)14-11-13(6-7-15(14)20)26(24,25)22(4)5/h6-7,11-12,16H,8-10H2,1-5H3,(H,21,23). The van der Waals surface area contributed by atoms with Gasteiger partial charge in [-0.25, -0.2) is 12.7 Å². The van der Waals surface area contributed by atoms with E-state index in [1.165, 1.54) is 38.7 Å². The van der Waals surface area contributed by atoms with E-state index in [0.717, 1.165) is 17.1 Å². The molecule has 5 nitrogen and oxygen atoms in total. The Labute approximate surface area is 161 Å². The summed E-state index contributed by atoms with van der Waals surface area (Å²) in [4.78, 5) is 13.0. The van der Waals surface area contributed by atoms with Gasteiger partial charge in [0.05, 0.1) is 15.5 Å². The van der Waals surface area contributed by atoms with Crippen LogP contribution in [0.4, 0.5) is 0 Å². The lowest BCUT2D eigenvalue weighted by atomic mass is 9.69. The Kier molecular flexibility index (Phi) is 4.69. The van der Waals surface area contributed by atoms with Crippen LogP contribution >= 0.6 is 11.6 Å². The molecule has 3 rings (SSSR count). The molecule has 0 aliphatic heterocycles. The predicted octanol–water partition coefficient (Wildman–Crippen LogP) is 3.53. The Balaban J connectivity index is 1.88. The Hall–Kier alpha value is -1.11. The Morgan fingerprint density at radius 1 is 1.27 bits per heavy atom. The normalized spacial score (nSPS) is 30.0. The van der Waals surface area contributed by atoms with Crippen LogP contribution in [-0.4, -0.2) is 38.8 Å². The van der Waals surface area contributed by atoms with Crippen LogP contribution < -0.4 is 5.32 Å². The number of benzene rings is 1. The number of carbonyl (C=O) groups is 1. The lowest BCUT2D eigenvalue weighted by Gasteiger charge is -2.39. The molecule has 7 heteroatoms. The highest BCUT2D eigenvalue weighted by Crippen LogP contribution is 2.65. The number of amides is 1. The molecule has 144 valence electrons. The van der Waals surface area contributed by atoms with Gasteiger partial charge in [-0.05, 0) is 54.2 Å². The molecule has 1 amide bonds. The Morgan fingerprint density at radius 2 is 1.92 bits per heavy atom. The molecule has 2 aliphatic rings. The van der Waals surface area contributed by atoms with Crippen molar-refractivity contribution in [3.05, 3.63) is 28.8 Å². The molecule has 0 saturated heterocycles. The number of nitrogens with one attached hydrogen (secondary N) is 1. The third kappa shape index (κ3) is 2.77. The van der Waals surface area contributed by atoms with E-state index < -0.39 is 10.0 Å². The van der Waals surface area contributed by atoms with Crippen molar-refractivity contribution in [2.45, 2.75) is 51.0 Å². The van der Waals surface area contributed by atoms with E-state index in [9.17, 15) is 13.2 Å². The summed E-state index contributed by atoms with van der Waals surface area (Å²) in [5.74, 6) is 0.300. The van der Waals surface area contributed by atoms with Crippen LogP contribution in [0, 0.1) is 16.7 Å². The zero-order valence-electron chi connectivity index (χ0n) is 16.0. The van der Waals surface area contributed by atoms with Gasteiger partial charge in [0.15, 0.2) is 0 Å². The van der Waals surface area contributed by atoms with Gasteiger partial charge in [0.1, 0.15) is 0 Å². The number of sulfonamides is 1. The van der Waals surface area contributed by atoms with Gasteiger partial charge in [0.25, 0.3) is 5.91 Å². The fraction of sp³-hybridized carbons (Fsp3) is 0.632. The monoisotopic (exact) mass is 398 g/mol. The van der Waals surface area contributed by atoms with E-state index in [2.05, 4.69) is 26.1 Å². The molecule has 26 heavy (non-hydrogen) atoms. The molecule has 0 spiro atoms. The van der Waals surface area contributed by atoms with Crippen molar-refractivity contribution in [2.75, 3.05) is 14.1 Å². The van der Waals surface area contributed by atoms with Gasteiger partial charge in [-0.15, -0.1) is 0 Å². The predicted molar refractivity (Wildman–Crippen MR) is 103 cm³/mol. The summed E-state index contributed by atoms with van der Waals surface area (Å²) in [6, 6.07) is 4.34. The molecule has 3 unspecified atom stereocenters. The second kappa shape index (κ2) is 6.21. The molecule has 2 fully saturated rings. The first-order valence-corrected chi connectivity index (χ1v) is 10.8. The van der Waals surface area contributed by atoms with E-state index in [1.807, 2.05) is 0 Å². The highest BCUT2D eigenvalue weighted by atomic mass is 35.5. The van der Waals surface area contributed by atoms with Gasteiger partial charge < -0.3 is 5.32 Å². The molecule has 1 N–H and O–H groups in total. The van der Waals surface area contributed by atoms with Gasteiger partial charge in [0, 0.05) is 20.1 Å². The molecule has 3 atom stereocenters. The SMILES string of the molecule is CN(C)S(=O)(=O)c1ccc(Cl)c(C(=O)NC2CC3CCC2(C)C3(C)C)c1. The molecule has 1 aromatic carbocycles. The van der Waals surface area contributed by atoms with Crippen LogP contribution in [-0.2, 0) is 10.0 Å². The van der Waals surface area contributed by atoms with Crippen LogP contribution in [0.2, 0.25) is 5.02 Å². The Bertz CT molecular complexity index is 850. The first-order valence-electron chi connectivity index (χ1n) is 8.94. The molecular formula is C19H27ClN2O3S. The molecule has 0 radical (unpaired) electrons. The lowest BCUT2D eigenvalue weighted by Crippen LogP contribution is -2.47. The third-order valence-electron chi connectivity index (χ3n) is 7.06. The fourth-order valence-corrected chi connectivity index (χ4v) is 5.84. The fourth-order valence-electron chi connectivity index (χ4n) is 4.71. The van der Waals surface area contributed by atoms with Crippen molar-refractivity contribution >= 4 is 27.5 Å². The van der Waals surface area contributed by atoms with Gasteiger partial charge in [-0.1, -0.05) is 32.4 Å². The third-order valence-corrected chi connectivity index (χ3v) is 9.20. The molecular weight excluding hydrogens is 372 g/mol. The Morgan fingerprint density at radius 3 is 2.42 bits per heavy atom. The second-order valence-electron chi connectivity index (χ2n) is 8.57. The summed E-state index contributed by atoms with van der Waals surface area (Å²) in [6.45, 7) is 6.82. The van der Waals surface area contributed by atoms with Crippen molar-refractivity contribution in [1.29, 1.82) is 0 Å². The highest BCUT2D eigenvalue weighted by Gasteiger charge is 2.61. The number of hydrogen-bond donors (Lipinski definition) is 1. The molecule has 1 aromatic rings. The number of fused-ring (bicyclic) bond motifs is 2. The number of hydrogen-bond acceptors (Lipinski definition) is 3. The van der Waals surface area contributed by atoms with Gasteiger partial charge in [-0.3, -0.25) is 4.79 Å². The minimum Gasteiger partial charge on any atom is -0.349 e. The average molecular weight is 399 g/mol. The van der Waals surface area contributed by atoms with Crippen LogP contribution in [0.5, 0.6) is 0 Å². The number of halogens is 1. The van der Waals surface area contributed by atoms with E-state index in [-0.39, 0.29) is 38.3 Å². The molecule has 2 bridgehead atoms.